The minimum Gasteiger partial charge on any atom is -0.383 e. The predicted octanol–water partition coefficient (Wildman–Crippen LogP) is -2.11. The van der Waals surface area contributed by atoms with Crippen molar-refractivity contribution < 1.29 is 9.53 Å². The average Bonchev–Trinajstić information content (AvgIpc) is 2.23. The van der Waals surface area contributed by atoms with Crippen LogP contribution in [-0.4, -0.2) is 58.9 Å². The van der Waals surface area contributed by atoms with Gasteiger partial charge in [0.1, 0.15) is 0 Å². The van der Waals surface area contributed by atoms with Crippen LogP contribution in [0.4, 0.5) is 0 Å². The van der Waals surface area contributed by atoms with Crippen molar-refractivity contribution in [3.05, 3.63) is 0 Å². The maximum atomic E-state index is 11.1. The zero-order valence-electron chi connectivity index (χ0n) is 9.34. The predicted molar refractivity (Wildman–Crippen MR) is 59.7 cm³/mol. The second kappa shape index (κ2) is 11.4. The molecule has 15 heavy (non-hydrogen) atoms. The van der Waals surface area contributed by atoms with Crippen molar-refractivity contribution in [3.63, 3.8) is 0 Å². The number of amides is 1. The smallest absolute Gasteiger partial charge is 0.234 e. The van der Waals surface area contributed by atoms with Crippen LogP contribution in [0.15, 0.2) is 0 Å². The Hall–Kier alpha value is -0.690. The van der Waals surface area contributed by atoms with Gasteiger partial charge >= 0.3 is 0 Å². The summed E-state index contributed by atoms with van der Waals surface area (Å²) in [4.78, 5) is 11.1. The van der Waals surface area contributed by atoms with E-state index in [0.717, 1.165) is 19.6 Å². The molecule has 0 spiro atoms. The second-order valence-corrected chi connectivity index (χ2v) is 3.06. The number of nitrogens with one attached hydrogen (secondary N) is 3. The van der Waals surface area contributed by atoms with Gasteiger partial charge in [-0.3, -0.25) is 4.79 Å². The highest BCUT2D eigenvalue weighted by molar-refractivity contribution is 5.77. The van der Waals surface area contributed by atoms with Crippen LogP contribution in [0.2, 0.25) is 0 Å². The third kappa shape index (κ3) is 11.2. The van der Waals surface area contributed by atoms with E-state index in [1.54, 1.807) is 7.11 Å². The molecular formula is C9H22N4O2. The van der Waals surface area contributed by atoms with Crippen LogP contribution in [0, 0.1) is 0 Å². The lowest BCUT2D eigenvalue weighted by molar-refractivity contribution is -0.120. The monoisotopic (exact) mass is 218 g/mol. The van der Waals surface area contributed by atoms with Crippen molar-refractivity contribution >= 4 is 5.91 Å². The summed E-state index contributed by atoms with van der Waals surface area (Å²) in [6.07, 6.45) is 0. The molecule has 0 saturated heterocycles. The molecule has 0 aromatic heterocycles. The largest absolute Gasteiger partial charge is 0.383 e. The molecule has 5 N–H and O–H groups in total. The van der Waals surface area contributed by atoms with Crippen LogP contribution >= 0.6 is 0 Å². The highest BCUT2D eigenvalue weighted by atomic mass is 16.5. The molecule has 0 atom stereocenters. The van der Waals surface area contributed by atoms with Crippen molar-refractivity contribution in [2.45, 2.75) is 0 Å². The van der Waals surface area contributed by atoms with Crippen LogP contribution in [0.3, 0.4) is 0 Å². The molecule has 0 aromatic carbocycles. The molecule has 0 fully saturated rings. The van der Waals surface area contributed by atoms with Gasteiger partial charge < -0.3 is 26.4 Å². The Bertz CT molecular complexity index is 155. The lowest BCUT2D eigenvalue weighted by atomic mass is 10.5. The summed E-state index contributed by atoms with van der Waals surface area (Å²) in [5.41, 5.74) is 5.30. The van der Waals surface area contributed by atoms with E-state index in [0.29, 0.717) is 26.2 Å². The molecule has 0 aliphatic heterocycles. The number of carbonyl (C=O) groups is 1. The van der Waals surface area contributed by atoms with E-state index in [-0.39, 0.29) is 5.91 Å². The summed E-state index contributed by atoms with van der Waals surface area (Å²) in [5, 5.41) is 8.86. The second-order valence-electron chi connectivity index (χ2n) is 3.06. The number of hydrogen-bond donors (Lipinski definition) is 4. The molecule has 0 radical (unpaired) electrons. The first-order chi connectivity index (χ1) is 7.31. The molecule has 0 aliphatic rings. The topological polar surface area (TPSA) is 88.4 Å². The Labute approximate surface area is 90.9 Å². The van der Waals surface area contributed by atoms with Crippen molar-refractivity contribution in [1.29, 1.82) is 0 Å². The van der Waals surface area contributed by atoms with Gasteiger partial charge in [-0.1, -0.05) is 0 Å². The summed E-state index contributed by atoms with van der Waals surface area (Å²) < 4.78 is 4.81. The first kappa shape index (κ1) is 14.3. The van der Waals surface area contributed by atoms with Crippen LogP contribution < -0.4 is 21.7 Å². The molecule has 0 rings (SSSR count). The third-order valence-corrected chi connectivity index (χ3v) is 1.71. The summed E-state index contributed by atoms with van der Waals surface area (Å²) in [5.74, 6) is -0.00845. The molecule has 1 amide bonds. The molecule has 0 aromatic rings. The van der Waals surface area contributed by atoms with Crippen molar-refractivity contribution in [2.75, 3.05) is 53.0 Å². The van der Waals surface area contributed by atoms with E-state index < -0.39 is 0 Å². The van der Waals surface area contributed by atoms with E-state index in [1.165, 1.54) is 0 Å². The third-order valence-electron chi connectivity index (χ3n) is 1.71. The SMILES string of the molecule is COCCNC(=O)CNCCNCCN. The molecule has 90 valence electrons. The van der Waals surface area contributed by atoms with E-state index in [4.69, 9.17) is 10.5 Å². The van der Waals surface area contributed by atoms with Crippen LogP contribution in [0.5, 0.6) is 0 Å². The fourth-order valence-corrected chi connectivity index (χ4v) is 0.961. The van der Waals surface area contributed by atoms with Gasteiger partial charge in [-0.25, -0.2) is 0 Å². The first-order valence-corrected chi connectivity index (χ1v) is 5.18. The number of methoxy groups -OCH3 is 1. The van der Waals surface area contributed by atoms with Gasteiger partial charge in [0.2, 0.25) is 5.91 Å². The quantitative estimate of drug-likeness (QED) is 0.315. The van der Waals surface area contributed by atoms with E-state index in [2.05, 4.69) is 16.0 Å². The van der Waals surface area contributed by atoms with Gasteiger partial charge in [0, 0.05) is 39.8 Å². The maximum absolute atomic E-state index is 11.1. The molecule has 0 bridgehead atoms. The molecular weight excluding hydrogens is 196 g/mol. The molecule has 0 saturated carbocycles. The lowest BCUT2D eigenvalue weighted by Crippen LogP contribution is -2.38. The van der Waals surface area contributed by atoms with Gasteiger partial charge in [-0.2, -0.15) is 0 Å². The van der Waals surface area contributed by atoms with Crippen molar-refractivity contribution in [2.24, 2.45) is 5.73 Å². The Kier molecular flexibility index (Phi) is 10.9. The van der Waals surface area contributed by atoms with Crippen LogP contribution in [0.1, 0.15) is 0 Å². The van der Waals surface area contributed by atoms with Gasteiger partial charge in [0.15, 0.2) is 0 Å². The zero-order valence-corrected chi connectivity index (χ0v) is 9.34. The van der Waals surface area contributed by atoms with Crippen molar-refractivity contribution in [1.82, 2.24) is 16.0 Å². The molecule has 0 unspecified atom stereocenters. The maximum Gasteiger partial charge on any atom is 0.234 e. The van der Waals surface area contributed by atoms with E-state index >= 15 is 0 Å². The highest BCUT2D eigenvalue weighted by Crippen LogP contribution is 1.67. The zero-order chi connectivity index (χ0) is 11.4. The summed E-state index contributed by atoms with van der Waals surface area (Å²) in [6, 6.07) is 0. The number of ether oxygens (including phenoxy) is 1. The highest BCUT2D eigenvalue weighted by Gasteiger charge is 1.98. The van der Waals surface area contributed by atoms with Gasteiger partial charge in [-0.15, -0.1) is 0 Å². The molecule has 6 nitrogen and oxygen atoms in total. The summed E-state index contributed by atoms with van der Waals surface area (Å²) >= 11 is 0. The van der Waals surface area contributed by atoms with Gasteiger partial charge in [0.25, 0.3) is 0 Å². The Morgan fingerprint density at radius 2 is 1.93 bits per heavy atom. The van der Waals surface area contributed by atoms with Gasteiger partial charge in [-0.05, 0) is 0 Å². The fraction of sp³-hybridized carbons (Fsp3) is 0.889. The average molecular weight is 218 g/mol. The molecule has 0 heterocycles. The first-order valence-electron chi connectivity index (χ1n) is 5.18. The van der Waals surface area contributed by atoms with E-state index in [1.807, 2.05) is 0 Å². The number of carbonyl (C=O) groups excluding carboxylic acids is 1. The Morgan fingerprint density at radius 3 is 2.60 bits per heavy atom. The standard InChI is InChI=1S/C9H22N4O2/c1-15-7-6-13-9(14)8-12-5-4-11-3-2-10/h11-12H,2-8,10H2,1H3,(H,13,14). The minimum atomic E-state index is -0.00845. The Balaban J connectivity index is 3.10. The normalized spacial score (nSPS) is 10.3. The molecule has 6 heteroatoms. The number of rotatable bonds is 10. The number of hydrogen-bond acceptors (Lipinski definition) is 5. The van der Waals surface area contributed by atoms with Crippen LogP contribution in [0.25, 0.3) is 0 Å². The minimum absolute atomic E-state index is 0.00845. The molecule has 0 aliphatic carbocycles. The fourth-order valence-electron chi connectivity index (χ4n) is 0.961. The van der Waals surface area contributed by atoms with Crippen molar-refractivity contribution in [3.8, 4) is 0 Å². The Morgan fingerprint density at radius 1 is 1.20 bits per heavy atom. The summed E-state index contributed by atoms with van der Waals surface area (Å²) in [7, 11) is 1.60. The van der Waals surface area contributed by atoms with E-state index in [9.17, 15) is 4.79 Å². The summed E-state index contributed by atoms with van der Waals surface area (Å²) in [6.45, 7) is 4.47. The lowest BCUT2D eigenvalue weighted by Gasteiger charge is -2.06. The number of nitrogens with two attached hydrogens (primary N) is 1. The van der Waals surface area contributed by atoms with Crippen LogP contribution in [-0.2, 0) is 9.53 Å². The van der Waals surface area contributed by atoms with Gasteiger partial charge in [0.05, 0.1) is 13.2 Å².